The molecule has 4 unspecified atom stereocenters. The average molecular weight is 320 g/mol. The number of rotatable bonds is 3. The molecular weight excluding hydrogens is 306 g/mol. The summed E-state index contributed by atoms with van der Waals surface area (Å²) in [6.07, 6.45) is 4.89. The zero-order valence-corrected chi connectivity index (χ0v) is 12.2. The SMILES string of the molecule is O=C1C2C3C=CC(C3)C2C(=O)N1Cc1ccc([B-](F)(F)F)cc1. The molecule has 1 aromatic rings. The summed E-state index contributed by atoms with van der Waals surface area (Å²) in [5.74, 6) is -0.615. The third kappa shape index (κ3) is 2.13. The van der Waals surface area contributed by atoms with Gasteiger partial charge >= 0.3 is 6.98 Å². The minimum atomic E-state index is -5.03. The summed E-state index contributed by atoms with van der Waals surface area (Å²) in [7, 11) is 0. The van der Waals surface area contributed by atoms with Gasteiger partial charge in [-0.05, 0) is 23.8 Å². The highest BCUT2D eigenvalue weighted by Gasteiger charge is 2.59. The third-order valence-electron chi connectivity index (χ3n) is 5.26. The zero-order valence-electron chi connectivity index (χ0n) is 12.2. The second-order valence-corrected chi connectivity index (χ2v) is 6.58. The smallest absolute Gasteiger partial charge is 0.445 e. The number of hydrogen-bond acceptors (Lipinski definition) is 2. The van der Waals surface area contributed by atoms with Crippen LogP contribution in [0.5, 0.6) is 0 Å². The summed E-state index contributed by atoms with van der Waals surface area (Å²) >= 11 is 0. The molecule has 1 saturated heterocycles. The highest BCUT2D eigenvalue weighted by molar-refractivity contribution is 6.73. The minimum Gasteiger partial charge on any atom is -0.445 e. The van der Waals surface area contributed by atoms with Gasteiger partial charge in [-0.25, -0.2) is 0 Å². The zero-order chi connectivity index (χ0) is 16.4. The van der Waals surface area contributed by atoms with Crippen molar-refractivity contribution >= 4 is 24.3 Å². The molecule has 1 aliphatic heterocycles. The van der Waals surface area contributed by atoms with Crippen LogP contribution in [0, 0.1) is 23.7 Å². The van der Waals surface area contributed by atoms with Crippen LogP contribution in [0.15, 0.2) is 36.4 Å². The van der Waals surface area contributed by atoms with E-state index in [4.69, 9.17) is 0 Å². The molecule has 1 aromatic carbocycles. The normalized spacial score (nSPS) is 32.0. The minimum absolute atomic E-state index is 0.0508. The van der Waals surface area contributed by atoms with E-state index in [1.165, 1.54) is 17.0 Å². The van der Waals surface area contributed by atoms with Crippen molar-refractivity contribution in [3.63, 3.8) is 0 Å². The van der Waals surface area contributed by atoms with Crippen LogP contribution in [0.2, 0.25) is 0 Å². The van der Waals surface area contributed by atoms with E-state index in [1.54, 1.807) is 0 Å². The number of carbonyl (C=O) groups excluding carboxylic acids is 2. The van der Waals surface area contributed by atoms with Gasteiger partial charge in [0.25, 0.3) is 0 Å². The highest BCUT2D eigenvalue weighted by Crippen LogP contribution is 2.52. The topological polar surface area (TPSA) is 37.4 Å². The molecule has 2 aliphatic carbocycles. The molecule has 0 spiro atoms. The predicted octanol–water partition coefficient (Wildman–Crippen LogP) is 2.05. The second-order valence-electron chi connectivity index (χ2n) is 6.58. The fourth-order valence-corrected chi connectivity index (χ4v) is 4.14. The molecule has 2 fully saturated rings. The molecule has 0 N–H and O–H groups in total. The van der Waals surface area contributed by atoms with E-state index in [0.29, 0.717) is 5.56 Å². The fraction of sp³-hybridized carbons (Fsp3) is 0.375. The number of likely N-dealkylation sites (tertiary alicyclic amines) is 1. The van der Waals surface area contributed by atoms with Crippen molar-refractivity contribution in [2.75, 3.05) is 0 Å². The number of benzene rings is 1. The summed E-state index contributed by atoms with van der Waals surface area (Å²) in [6, 6.07) is 4.69. The molecule has 2 bridgehead atoms. The molecule has 7 heteroatoms. The lowest BCUT2D eigenvalue weighted by molar-refractivity contribution is -0.141. The van der Waals surface area contributed by atoms with Gasteiger partial charge in [0, 0.05) is 0 Å². The van der Waals surface area contributed by atoms with E-state index in [-0.39, 0.29) is 42.0 Å². The molecule has 2 amide bonds. The lowest BCUT2D eigenvalue weighted by atomic mass is 9.80. The maximum atomic E-state index is 12.6. The van der Waals surface area contributed by atoms with E-state index in [9.17, 15) is 22.5 Å². The van der Waals surface area contributed by atoms with Gasteiger partial charge in [0.1, 0.15) is 0 Å². The lowest BCUT2D eigenvalue weighted by Crippen LogP contribution is -2.34. The molecule has 23 heavy (non-hydrogen) atoms. The molecule has 0 aromatic heterocycles. The van der Waals surface area contributed by atoms with Crippen LogP contribution in [-0.2, 0) is 16.1 Å². The molecule has 3 aliphatic rings. The number of imide groups is 1. The number of carbonyl (C=O) groups is 2. The Morgan fingerprint density at radius 2 is 1.48 bits per heavy atom. The third-order valence-corrected chi connectivity index (χ3v) is 5.26. The Morgan fingerprint density at radius 1 is 0.957 bits per heavy atom. The molecule has 0 radical (unpaired) electrons. The summed E-state index contributed by atoms with van der Waals surface area (Å²) < 4.78 is 37.9. The van der Waals surface area contributed by atoms with Crippen LogP contribution < -0.4 is 5.46 Å². The van der Waals surface area contributed by atoms with Gasteiger partial charge in [-0.1, -0.05) is 36.4 Å². The van der Waals surface area contributed by atoms with Crippen molar-refractivity contribution in [2.24, 2.45) is 23.7 Å². The molecule has 1 saturated carbocycles. The number of hydrogen-bond donors (Lipinski definition) is 0. The lowest BCUT2D eigenvalue weighted by Gasteiger charge is -2.19. The van der Waals surface area contributed by atoms with Crippen molar-refractivity contribution in [1.29, 1.82) is 0 Å². The van der Waals surface area contributed by atoms with Gasteiger partial charge in [-0.15, -0.1) is 5.46 Å². The average Bonchev–Trinajstić information content (AvgIpc) is 3.17. The van der Waals surface area contributed by atoms with Crippen LogP contribution in [0.25, 0.3) is 0 Å². The molecular formula is C16H14BF3NO2-. The van der Waals surface area contributed by atoms with Crippen molar-refractivity contribution in [1.82, 2.24) is 4.90 Å². The van der Waals surface area contributed by atoms with Crippen molar-refractivity contribution in [3.05, 3.63) is 42.0 Å². The Morgan fingerprint density at radius 3 is 1.96 bits per heavy atom. The van der Waals surface area contributed by atoms with Gasteiger partial charge in [0.2, 0.25) is 11.8 Å². The van der Waals surface area contributed by atoms with Gasteiger partial charge < -0.3 is 12.9 Å². The maximum Gasteiger partial charge on any atom is 0.509 e. The summed E-state index contributed by atoms with van der Waals surface area (Å²) in [6.45, 7) is -4.98. The molecule has 3 nitrogen and oxygen atoms in total. The predicted molar refractivity (Wildman–Crippen MR) is 78.4 cm³/mol. The van der Waals surface area contributed by atoms with Crippen LogP contribution in [0.3, 0.4) is 0 Å². The first-order chi connectivity index (χ1) is 10.9. The van der Waals surface area contributed by atoms with E-state index < -0.39 is 12.4 Å². The molecule has 4 atom stereocenters. The van der Waals surface area contributed by atoms with E-state index in [1.807, 2.05) is 12.2 Å². The summed E-state index contributed by atoms with van der Waals surface area (Å²) in [5, 5.41) is 0. The van der Waals surface area contributed by atoms with E-state index >= 15 is 0 Å². The van der Waals surface area contributed by atoms with Crippen LogP contribution in [0.4, 0.5) is 12.9 Å². The first-order valence-electron chi connectivity index (χ1n) is 7.68. The Hall–Kier alpha value is -2.05. The molecule has 120 valence electrons. The van der Waals surface area contributed by atoms with Gasteiger partial charge in [0.05, 0.1) is 18.4 Å². The molecule has 4 rings (SSSR count). The monoisotopic (exact) mass is 320 g/mol. The van der Waals surface area contributed by atoms with Crippen LogP contribution in [-0.4, -0.2) is 23.7 Å². The Labute approximate surface area is 131 Å². The number of fused-ring (bicyclic) bond motifs is 5. The van der Waals surface area contributed by atoms with Crippen molar-refractivity contribution in [2.45, 2.75) is 13.0 Å². The van der Waals surface area contributed by atoms with Crippen molar-refractivity contribution < 1.29 is 22.5 Å². The Bertz CT molecular complexity index is 683. The standard InChI is InChI=1S/C16H14BF3NO2/c18-17(19,20)12-5-1-9(2-6-12)8-21-15(22)13-10-3-4-11(7-10)14(13)16(21)23/h1-6,10-11,13-14H,7-8H2/q-1. The first kappa shape index (κ1) is 14.5. The van der Waals surface area contributed by atoms with Crippen molar-refractivity contribution in [3.8, 4) is 0 Å². The van der Waals surface area contributed by atoms with Crippen LogP contribution in [0.1, 0.15) is 12.0 Å². The Kier molecular flexibility index (Phi) is 2.99. The highest BCUT2D eigenvalue weighted by atomic mass is 19.4. The van der Waals surface area contributed by atoms with Gasteiger partial charge in [-0.2, -0.15) is 0 Å². The van der Waals surface area contributed by atoms with E-state index in [0.717, 1.165) is 18.6 Å². The number of nitrogens with zero attached hydrogens (tertiary/aromatic N) is 1. The fourth-order valence-electron chi connectivity index (χ4n) is 4.14. The van der Waals surface area contributed by atoms with Gasteiger partial charge in [0.15, 0.2) is 0 Å². The number of halogens is 3. The largest absolute Gasteiger partial charge is 0.509 e. The molecule has 1 heterocycles. The van der Waals surface area contributed by atoms with Gasteiger partial charge in [-0.3, -0.25) is 14.5 Å². The maximum absolute atomic E-state index is 12.6. The number of allylic oxidation sites excluding steroid dienone is 2. The summed E-state index contributed by atoms with van der Waals surface area (Å²) in [4.78, 5) is 26.2. The summed E-state index contributed by atoms with van der Waals surface area (Å²) in [5.41, 5.74) is -0.136. The second kappa shape index (κ2) is 4.72. The quantitative estimate of drug-likeness (QED) is 0.486. The van der Waals surface area contributed by atoms with Crippen LogP contribution >= 0.6 is 0 Å². The Balaban J connectivity index is 1.54. The number of amides is 2. The first-order valence-corrected chi connectivity index (χ1v) is 7.68. The van der Waals surface area contributed by atoms with E-state index in [2.05, 4.69) is 0 Å².